The summed E-state index contributed by atoms with van der Waals surface area (Å²) in [5, 5.41) is 3.39. The zero-order valence-electron chi connectivity index (χ0n) is 8.78. The van der Waals surface area contributed by atoms with Crippen molar-refractivity contribution in [2.24, 2.45) is 0 Å². The topological polar surface area (TPSA) is 34.1 Å². The van der Waals surface area contributed by atoms with E-state index in [9.17, 15) is 0 Å². The fourth-order valence-electron chi connectivity index (χ4n) is 1.76. The molecule has 3 heteroatoms. The van der Waals surface area contributed by atoms with E-state index in [1.807, 2.05) is 12.1 Å². The van der Waals surface area contributed by atoms with Crippen LogP contribution in [-0.4, -0.2) is 24.2 Å². The van der Waals surface area contributed by atoms with Crippen LogP contribution in [0.25, 0.3) is 6.08 Å². The van der Waals surface area contributed by atoms with Gasteiger partial charge < -0.3 is 10.1 Å². The third-order valence-electron chi connectivity index (χ3n) is 2.60. The normalized spacial score (nSPS) is 20.1. The Morgan fingerprint density at radius 2 is 2.60 bits per heavy atom. The Kier molecular flexibility index (Phi) is 3.35. The SMILES string of the molecule is C=Cc1cccnc1OC[C@H]1CCCN1. The van der Waals surface area contributed by atoms with Crippen LogP contribution in [0.1, 0.15) is 18.4 Å². The molecule has 1 aliphatic heterocycles. The summed E-state index contributed by atoms with van der Waals surface area (Å²) in [7, 11) is 0. The summed E-state index contributed by atoms with van der Waals surface area (Å²) in [6, 6.07) is 4.32. The van der Waals surface area contributed by atoms with Crippen LogP contribution in [0.2, 0.25) is 0 Å². The van der Waals surface area contributed by atoms with E-state index in [0.717, 1.165) is 12.1 Å². The summed E-state index contributed by atoms with van der Waals surface area (Å²) >= 11 is 0. The molecule has 15 heavy (non-hydrogen) atoms. The quantitative estimate of drug-likeness (QED) is 0.812. The zero-order chi connectivity index (χ0) is 10.5. The number of aromatic nitrogens is 1. The highest BCUT2D eigenvalue weighted by molar-refractivity contribution is 5.52. The van der Waals surface area contributed by atoms with E-state index in [-0.39, 0.29) is 0 Å². The summed E-state index contributed by atoms with van der Waals surface area (Å²) in [6.07, 6.45) is 5.94. The Bertz CT molecular complexity index is 332. The van der Waals surface area contributed by atoms with Gasteiger partial charge in [0.05, 0.1) is 0 Å². The lowest BCUT2D eigenvalue weighted by Gasteiger charge is -2.12. The van der Waals surface area contributed by atoms with Crippen molar-refractivity contribution in [3.05, 3.63) is 30.5 Å². The first-order chi connectivity index (χ1) is 7.40. The summed E-state index contributed by atoms with van der Waals surface area (Å²) in [6.45, 7) is 5.53. The van der Waals surface area contributed by atoms with Crippen molar-refractivity contribution < 1.29 is 4.74 Å². The van der Waals surface area contributed by atoms with Gasteiger partial charge in [-0.3, -0.25) is 0 Å². The minimum atomic E-state index is 0.477. The van der Waals surface area contributed by atoms with Crippen LogP contribution in [0.3, 0.4) is 0 Å². The number of rotatable bonds is 4. The van der Waals surface area contributed by atoms with Crippen molar-refractivity contribution in [2.45, 2.75) is 18.9 Å². The average molecular weight is 204 g/mol. The largest absolute Gasteiger partial charge is 0.476 e. The van der Waals surface area contributed by atoms with Gasteiger partial charge in [-0.25, -0.2) is 4.98 Å². The van der Waals surface area contributed by atoms with Crippen molar-refractivity contribution in [2.75, 3.05) is 13.2 Å². The van der Waals surface area contributed by atoms with Crippen LogP contribution in [0.4, 0.5) is 0 Å². The number of pyridine rings is 1. The standard InChI is InChI=1S/C12H16N2O/c1-2-10-5-3-8-14-12(10)15-9-11-6-4-7-13-11/h2-3,5,8,11,13H,1,4,6-7,9H2/t11-/m1/s1. The Hall–Kier alpha value is -1.35. The van der Waals surface area contributed by atoms with Crippen LogP contribution >= 0.6 is 0 Å². The van der Waals surface area contributed by atoms with E-state index in [2.05, 4.69) is 16.9 Å². The molecule has 1 aromatic rings. The first kappa shape index (κ1) is 10.2. The fourth-order valence-corrected chi connectivity index (χ4v) is 1.76. The summed E-state index contributed by atoms with van der Waals surface area (Å²) in [5.74, 6) is 0.682. The average Bonchev–Trinajstić information content (AvgIpc) is 2.79. The molecule has 0 saturated carbocycles. The number of hydrogen-bond donors (Lipinski definition) is 1. The molecular formula is C12H16N2O. The van der Waals surface area contributed by atoms with Crippen LogP contribution < -0.4 is 10.1 Å². The van der Waals surface area contributed by atoms with Gasteiger partial charge in [-0.15, -0.1) is 0 Å². The van der Waals surface area contributed by atoms with E-state index in [0.29, 0.717) is 18.5 Å². The Morgan fingerprint density at radius 1 is 1.67 bits per heavy atom. The minimum absolute atomic E-state index is 0.477. The lowest BCUT2D eigenvalue weighted by molar-refractivity contribution is 0.267. The van der Waals surface area contributed by atoms with Crippen LogP contribution in [0, 0.1) is 0 Å². The van der Waals surface area contributed by atoms with Crippen molar-refractivity contribution in [3.8, 4) is 5.88 Å². The number of ether oxygens (including phenoxy) is 1. The molecule has 80 valence electrons. The van der Waals surface area contributed by atoms with Crippen LogP contribution in [-0.2, 0) is 0 Å². The molecule has 0 aromatic carbocycles. The zero-order valence-corrected chi connectivity index (χ0v) is 8.78. The van der Waals surface area contributed by atoms with Gasteiger partial charge >= 0.3 is 0 Å². The minimum Gasteiger partial charge on any atom is -0.476 e. The summed E-state index contributed by atoms with van der Waals surface area (Å²) in [5.41, 5.74) is 0.954. The second-order valence-corrected chi connectivity index (χ2v) is 3.71. The van der Waals surface area contributed by atoms with E-state index in [1.54, 1.807) is 12.3 Å². The third kappa shape index (κ3) is 2.57. The molecule has 2 heterocycles. The van der Waals surface area contributed by atoms with E-state index in [4.69, 9.17) is 4.74 Å². The van der Waals surface area contributed by atoms with Crippen molar-refractivity contribution in [1.29, 1.82) is 0 Å². The smallest absolute Gasteiger partial charge is 0.220 e. The molecule has 2 rings (SSSR count). The highest BCUT2D eigenvalue weighted by Gasteiger charge is 2.15. The number of hydrogen-bond acceptors (Lipinski definition) is 3. The molecule has 1 fully saturated rings. The molecule has 0 unspecified atom stereocenters. The highest BCUT2D eigenvalue weighted by Crippen LogP contribution is 2.16. The Balaban J connectivity index is 1.94. The van der Waals surface area contributed by atoms with Crippen LogP contribution in [0.15, 0.2) is 24.9 Å². The summed E-state index contributed by atoms with van der Waals surface area (Å²) < 4.78 is 5.67. The molecule has 0 bridgehead atoms. The summed E-state index contributed by atoms with van der Waals surface area (Å²) in [4.78, 5) is 4.19. The lowest BCUT2D eigenvalue weighted by Crippen LogP contribution is -2.28. The maximum Gasteiger partial charge on any atom is 0.220 e. The molecule has 1 atom stereocenters. The van der Waals surface area contributed by atoms with Crippen molar-refractivity contribution >= 4 is 6.08 Å². The van der Waals surface area contributed by atoms with Crippen molar-refractivity contribution in [1.82, 2.24) is 10.3 Å². The van der Waals surface area contributed by atoms with E-state index >= 15 is 0 Å². The molecule has 0 aliphatic carbocycles. The van der Waals surface area contributed by atoms with Crippen LogP contribution in [0.5, 0.6) is 5.88 Å². The van der Waals surface area contributed by atoms with Gasteiger partial charge in [0.2, 0.25) is 5.88 Å². The van der Waals surface area contributed by atoms with Gasteiger partial charge in [-0.2, -0.15) is 0 Å². The van der Waals surface area contributed by atoms with Gasteiger partial charge in [0.15, 0.2) is 0 Å². The fraction of sp³-hybridized carbons (Fsp3) is 0.417. The molecular weight excluding hydrogens is 188 g/mol. The molecule has 0 radical (unpaired) electrons. The van der Waals surface area contributed by atoms with Gasteiger partial charge in [0, 0.05) is 17.8 Å². The monoisotopic (exact) mass is 204 g/mol. The first-order valence-electron chi connectivity index (χ1n) is 5.34. The number of nitrogens with one attached hydrogen (secondary N) is 1. The van der Waals surface area contributed by atoms with Gasteiger partial charge in [0.25, 0.3) is 0 Å². The maximum atomic E-state index is 5.67. The Labute approximate surface area is 90.2 Å². The van der Waals surface area contributed by atoms with Gasteiger partial charge in [-0.05, 0) is 31.5 Å². The van der Waals surface area contributed by atoms with Gasteiger partial charge in [-0.1, -0.05) is 12.7 Å². The first-order valence-corrected chi connectivity index (χ1v) is 5.34. The predicted octanol–water partition coefficient (Wildman–Crippen LogP) is 1.86. The maximum absolute atomic E-state index is 5.67. The van der Waals surface area contributed by atoms with Crippen molar-refractivity contribution in [3.63, 3.8) is 0 Å². The predicted molar refractivity (Wildman–Crippen MR) is 60.8 cm³/mol. The van der Waals surface area contributed by atoms with Gasteiger partial charge in [0.1, 0.15) is 6.61 Å². The molecule has 3 nitrogen and oxygen atoms in total. The Morgan fingerprint density at radius 3 is 3.33 bits per heavy atom. The highest BCUT2D eigenvalue weighted by atomic mass is 16.5. The second-order valence-electron chi connectivity index (χ2n) is 3.71. The second kappa shape index (κ2) is 4.94. The molecule has 1 aromatic heterocycles. The molecule has 0 amide bonds. The van der Waals surface area contributed by atoms with E-state index < -0.39 is 0 Å². The molecule has 1 N–H and O–H groups in total. The lowest BCUT2D eigenvalue weighted by atomic mass is 10.2. The molecule has 0 spiro atoms. The third-order valence-corrected chi connectivity index (χ3v) is 2.60. The molecule has 1 saturated heterocycles. The van der Waals surface area contributed by atoms with E-state index in [1.165, 1.54) is 12.8 Å². The molecule has 1 aliphatic rings. The number of nitrogens with zero attached hydrogens (tertiary/aromatic N) is 1.